The first kappa shape index (κ1) is 17.7. The first-order valence-electron chi connectivity index (χ1n) is 9.00. The number of aryl methyl sites for hydroxylation is 1. The average Bonchev–Trinajstić information content (AvgIpc) is 2.99. The molecule has 1 saturated heterocycles. The highest BCUT2D eigenvalue weighted by molar-refractivity contribution is 6.09. The molecule has 1 aliphatic rings. The second kappa shape index (κ2) is 7.12. The Kier molecular flexibility index (Phi) is 4.49. The van der Waals surface area contributed by atoms with E-state index in [-0.39, 0.29) is 0 Å². The van der Waals surface area contributed by atoms with Crippen LogP contribution in [0.1, 0.15) is 22.3 Å². The van der Waals surface area contributed by atoms with E-state index in [0.717, 1.165) is 16.1 Å². The predicted octanol–water partition coefficient (Wildman–Crippen LogP) is 3.82. The molecule has 138 valence electrons. The van der Waals surface area contributed by atoms with Crippen LogP contribution in [-0.2, 0) is 10.3 Å². The van der Waals surface area contributed by atoms with Crippen LogP contribution in [0.3, 0.4) is 0 Å². The van der Waals surface area contributed by atoms with Crippen molar-refractivity contribution in [3.05, 3.63) is 107 Å². The number of nitrogens with zero attached hydrogens (tertiary/aromatic N) is 2. The fourth-order valence-electron chi connectivity index (χ4n) is 3.43. The van der Waals surface area contributed by atoms with Gasteiger partial charge in [-0.1, -0.05) is 90.5 Å². The number of carbonyl (C=O) groups excluding carboxylic acids is 2. The molecular weight excluding hydrogens is 350 g/mol. The van der Waals surface area contributed by atoms with Gasteiger partial charge < -0.3 is 5.32 Å². The summed E-state index contributed by atoms with van der Waals surface area (Å²) in [5.74, 6) is -0.432. The van der Waals surface area contributed by atoms with E-state index in [1.54, 1.807) is 0 Å². The van der Waals surface area contributed by atoms with Crippen LogP contribution in [0.4, 0.5) is 4.79 Å². The van der Waals surface area contributed by atoms with Gasteiger partial charge >= 0.3 is 6.03 Å². The minimum atomic E-state index is -1.30. The van der Waals surface area contributed by atoms with Crippen molar-refractivity contribution in [1.29, 1.82) is 0 Å². The van der Waals surface area contributed by atoms with Gasteiger partial charge in [0.25, 0.3) is 5.91 Å². The van der Waals surface area contributed by atoms with Crippen molar-refractivity contribution in [1.82, 2.24) is 10.3 Å². The first-order valence-corrected chi connectivity index (χ1v) is 9.00. The summed E-state index contributed by atoms with van der Waals surface area (Å²) in [6.07, 6.45) is 1.52. The maximum Gasteiger partial charge on any atom is 0.346 e. The summed E-state index contributed by atoms with van der Waals surface area (Å²) in [4.78, 5) is 26.2. The number of benzene rings is 3. The Hall–Kier alpha value is -3.73. The lowest BCUT2D eigenvalue weighted by Gasteiger charge is -2.27. The maximum atomic E-state index is 13.5. The Morgan fingerprint density at radius 2 is 1.46 bits per heavy atom. The molecule has 0 atom stereocenters. The van der Waals surface area contributed by atoms with Crippen molar-refractivity contribution in [3.8, 4) is 0 Å². The number of imide groups is 1. The molecule has 1 aliphatic heterocycles. The molecular formula is C23H19N3O2. The highest BCUT2D eigenvalue weighted by atomic mass is 16.2. The predicted molar refractivity (Wildman–Crippen MR) is 108 cm³/mol. The number of hydrogen-bond donors (Lipinski definition) is 1. The summed E-state index contributed by atoms with van der Waals surface area (Å²) >= 11 is 0. The SMILES string of the molecule is Cc1cccc(/C=N\N2C(=O)NC(c3ccccc3)(c3ccccc3)C2=O)c1. The number of nitrogens with one attached hydrogen (secondary N) is 1. The van der Waals surface area contributed by atoms with Gasteiger partial charge in [0.05, 0.1) is 6.21 Å². The first-order chi connectivity index (χ1) is 13.6. The molecule has 3 aromatic rings. The summed E-state index contributed by atoms with van der Waals surface area (Å²) in [6, 6.07) is 25.6. The zero-order valence-corrected chi connectivity index (χ0v) is 15.4. The van der Waals surface area contributed by atoms with Gasteiger partial charge in [-0.2, -0.15) is 5.10 Å². The molecule has 0 aromatic heterocycles. The van der Waals surface area contributed by atoms with Crippen LogP contribution >= 0.6 is 0 Å². The summed E-state index contributed by atoms with van der Waals surface area (Å²) in [6.45, 7) is 1.97. The zero-order valence-electron chi connectivity index (χ0n) is 15.4. The lowest BCUT2D eigenvalue weighted by Crippen LogP contribution is -2.44. The summed E-state index contributed by atoms with van der Waals surface area (Å²) in [5, 5.41) is 7.97. The Bertz CT molecular complexity index is 1010. The molecule has 0 radical (unpaired) electrons. The molecule has 0 aliphatic carbocycles. The Morgan fingerprint density at radius 3 is 2.04 bits per heavy atom. The Labute approximate surface area is 163 Å². The van der Waals surface area contributed by atoms with Gasteiger partial charge in [-0.15, -0.1) is 5.01 Å². The van der Waals surface area contributed by atoms with Crippen molar-refractivity contribution in [2.24, 2.45) is 5.10 Å². The number of amides is 3. The van der Waals surface area contributed by atoms with E-state index in [0.29, 0.717) is 11.1 Å². The van der Waals surface area contributed by atoms with Crippen LogP contribution in [0.5, 0.6) is 0 Å². The molecule has 5 nitrogen and oxygen atoms in total. The molecule has 1 heterocycles. The van der Waals surface area contributed by atoms with Crippen molar-refractivity contribution >= 4 is 18.2 Å². The molecule has 1 N–H and O–H groups in total. The quantitative estimate of drug-likeness (QED) is 0.561. The van der Waals surface area contributed by atoms with E-state index in [1.807, 2.05) is 91.9 Å². The molecule has 3 amide bonds. The standard InChI is InChI=1S/C23H19N3O2/c1-17-9-8-10-18(15-17)16-24-26-21(27)23(25-22(26)28,19-11-4-2-5-12-19)20-13-6-3-7-14-20/h2-16H,1H3,(H,25,28)/b24-16-. The van der Waals surface area contributed by atoms with E-state index in [1.165, 1.54) is 6.21 Å². The van der Waals surface area contributed by atoms with Crippen molar-refractivity contribution in [2.75, 3.05) is 0 Å². The van der Waals surface area contributed by atoms with Gasteiger partial charge in [-0.05, 0) is 23.6 Å². The molecule has 3 aromatic carbocycles. The van der Waals surface area contributed by atoms with E-state index in [4.69, 9.17) is 0 Å². The number of urea groups is 1. The van der Waals surface area contributed by atoms with Gasteiger partial charge in [0, 0.05) is 0 Å². The second-order valence-corrected chi connectivity index (χ2v) is 6.69. The fourth-order valence-corrected chi connectivity index (χ4v) is 3.43. The van der Waals surface area contributed by atoms with Crippen LogP contribution < -0.4 is 5.32 Å². The van der Waals surface area contributed by atoms with E-state index in [9.17, 15) is 9.59 Å². The van der Waals surface area contributed by atoms with Gasteiger partial charge in [0.1, 0.15) is 0 Å². The van der Waals surface area contributed by atoms with Crippen LogP contribution in [-0.4, -0.2) is 23.2 Å². The van der Waals surface area contributed by atoms with Gasteiger partial charge in [-0.3, -0.25) is 4.79 Å². The minimum absolute atomic E-state index is 0.432. The Morgan fingerprint density at radius 1 is 0.857 bits per heavy atom. The van der Waals surface area contributed by atoms with Gasteiger partial charge in [0.2, 0.25) is 0 Å². The maximum absolute atomic E-state index is 13.5. The minimum Gasteiger partial charge on any atom is -0.314 e. The number of hydrogen-bond acceptors (Lipinski definition) is 3. The zero-order chi connectivity index (χ0) is 19.6. The number of carbonyl (C=O) groups is 2. The number of rotatable bonds is 4. The van der Waals surface area contributed by atoms with Crippen molar-refractivity contribution in [2.45, 2.75) is 12.5 Å². The molecule has 0 spiro atoms. The van der Waals surface area contributed by atoms with E-state index in [2.05, 4.69) is 10.4 Å². The van der Waals surface area contributed by atoms with E-state index < -0.39 is 17.5 Å². The van der Waals surface area contributed by atoms with Crippen LogP contribution in [0.2, 0.25) is 0 Å². The van der Waals surface area contributed by atoms with Crippen LogP contribution in [0.15, 0.2) is 90.0 Å². The highest BCUT2D eigenvalue weighted by Crippen LogP contribution is 2.36. The monoisotopic (exact) mass is 369 g/mol. The molecule has 0 saturated carbocycles. The fraction of sp³-hybridized carbons (Fsp3) is 0.0870. The van der Waals surface area contributed by atoms with Crippen LogP contribution in [0.25, 0.3) is 0 Å². The van der Waals surface area contributed by atoms with Gasteiger partial charge in [-0.25, -0.2) is 4.79 Å². The summed E-state index contributed by atoms with van der Waals surface area (Å²) < 4.78 is 0. The third-order valence-electron chi connectivity index (χ3n) is 4.78. The van der Waals surface area contributed by atoms with Crippen molar-refractivity contribution in [3.63, 3.8) is 0 Å². The average molecular weight is 369 g/mol. The highest BCUT2D eigenvalue weighted by Gasteiger charge is 2.54. The molecule has 28 heavy (non-hydrogen) atoms. The van der Waals surface area contributed by atoms with Crippen molar-refractivity contribution < 1.29 is 9.59 Å². The molecule has 0 unspecified atom stereocenters. The van der Waals surface area contributed by atoms with E-state index >= 15 is 0 Å². The third kappa shape index (κ3) is 2.97. The number of hydrazone groups is 1. The molecule has 4 rings (SSSR count). The van der Waals surface area contributed by atoms with Crippen LogP contribution in [0, 0.1) is 6.92 Å². The molecule has 5 heteroatoms. The normalized spacial score (nSPS) is 15.8. The second-order valence-electron chi connectivity index (χ2n) is 6.69. The Balaban J connectivity index is 1.77. The third-order valence-corrected chi connectivity index (χ3v) is 4.78. The van der Waals surface area contributed by atoms with Gasteiger partial charge in [0.15, 0.2) is 5.54 Å². The largest absolute Gasteiger partial charge is 0.346 e. The lowest BCUT2D eigenvalue weighted by molar-refractivity contribution is -0.130. The summed E-state index contributed by atoms with van der Waals surface area (Å²) in [5.41, 5.74) is 1.96. The summed E-state index contributed by atoms with van der Waals surface area (Å²) in [7, 11) is 0. The molecule has 0 bridgehead atoms. The molecule has 1 fully saturated rings. The smallest absolute Gasteiger partial charge is 0.314 e. The topological polar surface area (TPSA) is 61.8 Å². The lowest BCUT2D eigenvalue weighted by atomic mass is 9.83.